The van der Waals surface area contributed by atoms with Crippen LogP contribution in [-0.4, -0.2) is 43.8 Å². The van der Waals surface area contributed by atoms with Gasteiger partial charge in [-0.05, 0) is 25.5 Å². The molecule has 2 aromatic rings. The largest absolute Gasteiger partial charge is 0.391 e. The Morgan fingerprint density at radius 3 is 2.59 bits per heavy atom. The van der Waals surface area contributed by atoms with Gasteiger partial charge in [0.05, 0.1) is 18.4 Å². The number of aryl methyl sites for hydroxylation is 1. The molecule has 0 bridgehead atoms. The van der Waals surface area contributed by atoms with Crippen molar-refractivity contribution in [3.8, 4) is 5.69 Å². The molecule has 0 fully saturated rings. The van der Waals surface area contributed by atoms with Gasteiger partial charge in [-0.25, -0.2) is 0 Å². The summed E-state index contributed by atoms with van der Waals surface area (Å²) in [6.45, 7) is 3.55. The lowest BCUT2D eigenvalue weighted by molar-refractivity contribution is 0.0905. The standard InChI is InChI=1S/C15H20N4O3/c1-3-12(21)8-16-15(22)14-13(9-20)17-19(18-14)11-6-4-10(2)5-7-11/h4-7,12,20-21H,3,8-9H2,1-2H3,(H,16,22). The van der Waals surface area contributed by atoms with Crippen molar-refractivity contribution < 1.29 is 15.0 Å². The Morgan fingerprint density at radius 2 is 2.00 bits per heavy atom. The van der Waals surface area contributed by atoms with Crippen molar-refractivity contribution in [1.29, 1.82) is 0 Å². The molecular formula is C15H20N4O3. The van der Waals surface area contributed by atoms with Crippen LogP contribution in [0.15, 0.2) is 24.3 Å². The Hall–Kier alpha value is -2.25. The van der Waals surface area contributed by atoms with Crippen molar-refractivity contribution in [2.45, 2.75) is 33.0 Å². The van der Waals surface area contributed by atoms with E-state index in [2.05, 4.69) is 15.5 Å². The summed E-state index contributed by atoms with van der Waals surface area (Å²) in [4.78, 5) is 13.4. The van der Waals surface area contributed by atoms with E-state index < -0.39 is 12.0 Å². The molecule has 2 rings (SSSR count). The predicted molar refractivity (Wildman–Crippen MR) is 80.6 cm³/mol. The molecule has 0 spiro atoms. The van der Waals surface area contributed by atoms with Crippen molar-refractivity contribution in [2.75, 3.05) is 6.54 Å². The molecule has 22 heavy (non-hydrogen) atoms. The van der Waals surface area contributed by atoms with E-state index in [4.69, 9.17) is 0 Å². The summed E-state index contributed by atoms with van der Waals surface area (Å²) in [5.74, 6) is -0.463. The first kappa shape index (κ1) is 16.1. The second-order valence-electron chi connectivity index (χ2n) is 5.05. The summed E-state index contributed by atoms with van der Waals surface area (Å²) in [5, 5.41) is 29.7. The zero-order valence-corrected chi connectivity index (χ0v) is 12.7. The summed E-state index contributed by atoms with van der Waals surface area (Å²) in [6, 6.07) is 7.49. The number of aliphatic hydroxyl groups excluding tert-OH is 2. The van der Waals surface area contributed by atoms with E-state index in [1.165, 1.54) is 4.80 Å². The molecule has 3 N–H and O–H groups in total. The van der Waals surface area contributed by atoms with Gasteiger partial charge in [-0.3, -0.25) is 4.79 Å². The molecule has 0 aliphatic carbocycles. The van der Waals surface area contributed by atoms with Gasteiger partial charge in [-0.1, -0.05) is 24.6 Å². The number of rotatable bonds is 6. The van der Waals surface area contributed by atoms with E-state index in [0.29, 0.717) is 12.1 Å². The van der Waals surface area contributed by atoms with Crippen LogP contribution >= 0.6 is 0 Å². The Balaban J connectivity index is 2.21. The van der Waals surface area contributed by atoms with Crippen LogP contribution in [0, 0.1) is 6.92 Å². The van der Waals surface area contributed by atoms with Crippen LogP contribution in [0.5, 0.6) is 0 Å². The second-order valence-corrected chi connectivity index (χ2v) is 5.05. The van der Waals surface area contributed by atoms with E-state index in [9.17, 15) is 15.0 Å². The number of aliphatic hydroxyl groups is 2. The van der Waals surface area contributed by atoms with E-state index in [1.54, 1.807) is 0 Å². The van der Waals surface area contributed by atoms with E-state index in [-0.39, 0.29) is 24.5 Å². The van der Waals surface area contributed by atoms with Gasteiger partial charge in [0.1, 0.15) is 5.69 Å². The number of benzene rings is 1. The van der Waals surface area contributed by atoms with Crippen LogP contribution in [-0.2, 0) is 6.61 Å². The molecule has 0 saturated carbocycles. The monoisotopic (exact) mass is 304 g/mol. The maximum Gasteiger partial charge on any atom is 0.273 e. The normalized spacial score (nSPS) is 12.2. The molecule has 1 aromatic heterocycles. The molecule has 1 heterocycles. The Labute approximate surface area is 128 Å². The molecule has 1 aromatic carbocycles. The van der Waals surface area contributed by atoms with E-state index in [1.807, 2.05) is 38.1 Å². The van der Waals surface area contributed by atoms with Crippen LogP contribution in [0.3, 0.4) is 0 Å². The van der Waals surface area contributed by atoms with Gasteiger partial charge in [0, 0.05) is 6.54 Å². The van der Waals surface area contributed by atoms with Crippen molar-refractivity contribution >= 4 is 5.91 Å². The number of carbonyl (C=O) groups excluding carboxylic acids is 1. The topological polar surface area (TPSA) is 100 Å². The summed E-state index contributed by atoms with van der Waals surface area (Å²) in [6.07, 6.45) is -0.0582. The van der Waals surface area contributed by atoms with Gasteiger partial charge in [0.2, 0.25) is 0 Å². The van der Waals surface area contributed by atoms with Crippen LogP contribution in [0.2, 0.25) is 0 Å². The van der Waals surface area contributed by atoms with Gasteiger partial charge in [-0.2, -0.15) is 4.80 Å². The fourth-order valence-electron chi connectivity index (χ4n) is 1.85. The van der Waals surface area contributed by atoms with Gasteiger partial charge in [0.15, 0.2) is 5.69 Å². The molecule has 0 aliphatic rings. The first-order valence-corrected chi connectivity index (χ1v) is 7.15. The van der Waals surface area contributed by atoms with Crippen molar-refractivity contribution in [1.82, 2.24) is 20.3 Å². The summed E-state index contributed by atoms with van der Waals surface area (Å²) < 4.78 is 0. The minimum Gasteiger partial charge on any atom is -0.391 e. The summed E-state index contributed by atoms with van der Waals surface area (Å²) in [7, 11) is 0. The highest BCUT2D eigenvalue weighted by atomic mass is 16.3. The lowest BCUT2D eigenvalue weighted by Gasteiger charge is -2.08. The first-order valence-electron chi connectivity index (χ1n) is 7.15. The number of aromatic nitrogens is 3. The number of hydrogen-bond donors (Lipinski definition) is 3. The molecule has 7 heteroatoms. The molecule has 118 valence electrons. The zero-order chi connectivity index (χ0) is 16.1. The van der Waals surface area contributed by atoms with E-state index >= 15 is 0 Å². The van der Waals surface area contributed by atoms with E-state index in [0.717, 1.165) is 5.56 Å². The SMILES string of the molecule is CCC(O)CNC(=O)c1nn(-c2ccc(C)cc2)nc1CO. The minimum atomic E-state index is -0.603. The smallest absolute Gasteiger partial charge is 0.273 e. The van der Waals surface area contributed by atoms with Crippen molar-refractivity contribution in [2.24, 2.45) is 0 Å². The van der Waals surface area contributed by atoms with Crippen LogP contribution in [0.25, 0.3) is 5.69 Å². The highest BCUT2D eigenvalue weighted by molar-refractivity contribution is 5.93. The maximum atomic E-state index is 12.1. The van der Waals surface area contributed by atoms with Crippen molar-refractivity contribution in [3.63, 3.8) is 0 Å². The van der Waals surface area contributed by atoms with Crippen LogP contribution in [0.1, 0.15) is 35.1 Å². The summed E-state index contributed by atoms with van der Waals surface area (Å²) >= 11 is 0. The van der Waals surface area contributed by atoms with Gasteiger partial charge in [-0.15, -0.1) is 10.2 Å². The Kier molecular flexibility index (Phi) is 5.24. The second kappa shape index (κ2) is 7.15. The lowest BCUT2D eigenvalue weighted by atomic mass is 10.2. The average Bonchev–Trinajstić information content (AvgIpc) is 2.97. The third-order valence-corrected chi connectivity index (χ3v) is 3.28. The number of nitrogens with one attached hydrogen (secondary N) is 1. The molecule has 0 aliphatic heterocycles. The first-order chi connectivity index (χ1) is 10.5. The maximum absolute atomic E-state index is 12.1. The number of nitrogens with zero attached hydrogens (tertiary/aromatic N) is 3. The third kappa shape index (κ3) is 3.69. The lowest BCUT2D eigenvalue weighted by Crippen LogP contribution is -2.32. The van der Waals surface area contributed by atoms with Gasteiger partial charge in [0.25, 0.3) is 5.91 Å². The molecule has 7 nitrogen and oxygen atoms in total. The Morgan fingerprint density at radius 1 is 1.32 bits per heavy atom. The zero-order valence-electron chi connectivity index (χ0n) is 12.7. The minimum absolute atomic E-state index is 0.0615. The molecule has 1 amide bonds. The average molecular weight is 304 g/mol. The number of amides is 1. The molecule has 1 atom stereocenters. The quantitative estimate of drug-likeness (QED) is 0.724. The molecule has 0 saturated heterocycles. The van der Waals surface area contributed by atoms with Gasteiger partial charge >= 0.3 is 0 Å². The summed E-state index contributed by atoms with van der Waals surface area (Å²) in [5.41, 5.74) is 2.06. The van der Waals surface area contributed by atoms with Crippen LogP contribution in [0.4, 0.5) is 0 Å². The van der Waals surface area contributed by atoms with Crippen LogP contribution < -0.4 is 5.32 Å². The molecule has 0 radical (unpaired) electrons. The predicted octanol–water partition coefficient (Wildman–Crippen LogP) is 0.569. The number of carbonyl (C=O) groups is 1. The van der Waals surface area contributed by atoms with Crippen molar-refractivity contribution in [3.05, 3.63) is 41.2 Å². The van der Waals surface area contributed by atoms with Gasteiger partial charge < -0.3 is 15.5 Å². The fourth-order valence-corrected chi connectivity index (χ4v) is 1.85. The highest BCUT2D eigenvalue weighted by Gasteiger charge is 2.19. The molecular weight excluding hydrogens is 284 g/mol. The highest BCUT2D eigenvalue weighted by Crippen LogP contribution is 2.10. The molecule has 1 unspecified atom stereocenters. The number of hydrogen-bond acceptors (Lipinski definition) is 5. The fraction of sp³-hybridized carbons (Fsp3) is 0.400. The third-order valence-electron chi connectivity index (χ3n) is 3.28. The Bertz CT molecular complexity index is 637.